The zero-order chi connectivity index (χ0) is 22.7. The minimum absolute atomic E-state index is 0.139. The lowest BCUT2D eigenvalue weighted by Gasteiger charge is -2.49. The van der Waals surface area contributed by atoms with Crippen LogP contribution in [0.15, 0.2) is 48.7 Å². The van der Waals surface area contributed by atoms with Gasteiger partial charge >= 0.3 is 12.1 Å². The number of pyridine rings is 1. The highest BCUT2D eigenvalue weighted by Gasteiger charge is 2.78. The molecule has 2 aliphatic heterocycles. The molecule has 5 rings (SSSR count). The maximum absolute atomic E-state index is 14.1. The van der Waals surface area contributed by atoms with Gasteiger partial charge in [0.1, 0.15) is 17.5 Å². The molecule has 3 aliphatic rings. The van der Waals surface area contributed by atoms with E-state index in [0.29, 0.717) is 23.2 Å². The molecule has 7 heteroatoms. The van der Waals surface area contributed by atoms with E-state index in [1.807, 2.05) is 24.3 Å². The van der Waals surface area contributed by atoms with Crippen LogP contribution in [0.5, 0.6) is 0 Å². The van der Waals surface area contributed by atoms with Gasteiger partial charge in [0.15, 0.2) is 0 Å². The van der Waals surface area contributed by atoms with Crippen LogP contribution in [-0.2, 0) is 14.3 Å². The molecule has 1 aliphatic carbocycles. The molecule has 0 bridgehead atoms. The monoisotopic (exact) mass is 436 g/mol. The van der Waals surface area contributed by atoms with E-state index in [0.717, 1.165) is 0 Å². The number of ether oxygens (including phenoxy) is 2. The van der Waals surface area contributed by atoms with Crippen molar-refractivity contribution in [2.45, 2.75) is 44.4 Å². The van der Waals surface area contributed by atoms with E-state index < -0.39 is 29.3 Å². The fraction of sp³-hybridized carbons (Fsp3) is 0.400. The van der Waals surface area contributed by atoms with Crippen molar-refractivity contribution in [1.82, 2.24) is 10.3 Å². The van der Waals surface area contributed by atoms with Gasteiger partial charge in [-0.05, 0) is 37.0 Å². The summed E-state index contributed by atoms with van der Waals surface area (Å²) in [6.45, 7) is 5.99. The van der Waals surface area contributed by atoms with Crippen LogP contribution >= 0.6 is 0 Å². The zero-order valence-corrected chi connectivity index (χ0v) is 18.2. The van der Waals surface area contributed by atoms with E-state index in [9.17, 15) is 14.0 Å². The van der Waals surface area contributed by atoms with E-state index in [4.69, 9.17) is 9.47 Å². The number of alkyl carbamates (subject to hydrolysis) is 1. The number of aromatic nitrogens is 1. The molecule has 1 amide bonds. The number of amides is 1. The molecule has 0 radical (unpaired) electrons. The first-order valence-electron chi connectivity index (χ1n) is 10.9. The Kier molecular flexibility index (Phi) is 4.62. The van der Waals surface area contributed by atoms with Gasteiger partial charge in [-0.15, -0.1) is 0 Å². The van der Waals surface area contributed by atoms with Crippen molar-refractivity contribution in [1.29, 1.82) is 0 Å². The van der Waals surface area contributed by atoms with Gasteiger partial charge in [-0.2, -0.15) is 0 Å². The van der Waals surface area contributed by atoms with Crippen molar-refractivity contribution < 1.29 is 23.5 Å². The predicted octanol–water partition coefficient (Wildman–Crippen LogP) is 4.36. The number of esters is 1. The Balaban J connectivity index is 1.49. The van der Waals surface area contributed by atoms with Gasteiger partial charge in [0, 0.05) is 29.7 Å². The number of cyclic esters (lactones) is 1. The molecule has 6 atom stereocenters. The molecule has 6 nitrogen and oxygen atoms in total. The van der Waals surface area contributed by atoms with Crippen molar-refractivity contribution >= 4 is 18.1 Å². The summed E-state index contributed by atoms with van der Waals surface area (Å²) < 4.78 is 25.3. The summed E-state index contributed by atoms with van der Waals surface area (Å²) in [6, 6.07) is 10.2. The number of hydrogen-bond acceptors (Lipinski definition) is 5. The molecule has 2 saturated heterocycles. The van der Waals surface area contributed by atoms with E-state index >= 15 is 0 Å². The summed E-state index contributed by atoms with van der Waals surface area (Å²) in [5, 5.41) is 2.96. The Morgan fingerprint density at radius 1 is 1.16 bits per heavy atom. The lowest BCUT2D eigenvalue weighted by Crippen LogP contribution is -2.69. The van der Waals surface area contributed by atoms with Gasteiger partial charge in [-0.25, -0.2) is 14.0 Å². The summed E-state index contributed by atoms with van der Waals surface area (Å²) >= 11 is 0. The average Bonchev–Trinajstić information content (AvgIpc) is 3.17. The Morgan fingerprint density at radius 2 is 1.94 bits per heavy atom. The molecule has 2 aromatic rings. The van der Waals surface area contributed by atoms with Crippen LogP contribution in [0, 0.1) is 23.6 Å². The van der Waals surface area contributed by atoms with Crippen LogP contribution in [0.3, 0.4) is 0 Å². The van der Waals surface area contributed by atoms with Crippen LogP contribution in [0.1, 0.15) is 32.9 Å². The predicted molar refractivity (Wildman–Crippen MR) is 116 cm³/mol. The molecule has 166 valence electrons. The summed E-state index contributed by atoms with van der Waals surface area (Å²) in [6.07, 6.45) is 4.83. The third-order valence-electron chi connectivity index (χ3n) is 7.54. The number of hydrogen-bond donors (Lipinski definition) is 1. The standard InChI is InChI=1S/C25H25FN2O4/c1-14-12-24-22(29)31-16(3)25(24,28-23(30)32-24)20(15(14)2)11-10-18-9-8-17(13-27-18)19-6-4-5-7-21(19)26/h4-11,13-16,20H,12H2,1-3H3,(H,28,30)/t14-,15+,16+,20-,24+,25+/m0/s1. The van der Waals surface area contributed by atoms with Crippen molar-refractivity contribution in [3.63, 3.8) is 0 Å². The maximum Gasteiger partial charge on any atom is 0.409 e. The summed E-state index contributed by atoms with van der Waals surface area (Å²) in [5.74, 6) is -0.675. The van der Waals surface area contributed by atoms with Crippen molar-refractivity contribution in [2.75, 3.05) is 0 Å². The van der Waals surface area contributed by atoms with Crippen LogP contribution in [-0.4, -0.2) is 34.3 Å². The molecule has 3 heterocycles. The van der Waals surface area contributed by atoms with Gasteiger partial charge in [0.25, 0.3) is 0 Å². The van der Waals surface area contributed by atoms with Crippen molar-refractivity contribution in [2.24, 2.45) is 17.8 Å². The van der Waals surface area contributed by atoms with Gasteiger partial charge in [0.2, 0.25) is 5.60 Å². The van der Waals surface area contributed by atoms with E-state index in [1.54, 1.807) is 31.3 Å². The van der Waals surface area contributed by atoms with Gasteiger partial charge in [-0.1, -0.05) is 44.2 Å². The van der Waals surface area contributed by atoms with Crippen molar-refractivity contribution in [3.8, 4) is 11.1 Å². The van der Waals surface area contributed by atoms with Gasteiger partial charge in [-0.3, -0.25) is 4.98 Å². The number of halogens is 1. The molecule has 0 unspecified atom stereocenters. The molecule has 3 fully saturated rings. The first-order chi connectivity index (χ1) is 15.3. The number of nitrogens with one attached hydrogen (secondary N) is 1. The van der Waals surface area contributed by atoms with Crippen LogP contribution in [0.2, 0.25) is 0 Å². The number of benzene rings is 1. The minimum atomic E-state index is -1.31. The van der Waals surface area contributed by atoms with E-state index in [2.05, 4.69) is 24.1 Å². The highest BCUT2D eigenvalue weighted by molar-refractivity contribution is 5.92. The fourth-order valence-corrected chi connectivity index (χ4v) is 5.74. The van der Waals surface area contributed by atoms with E-state index in [-0.39, 0.29) is 23.6 Å². The minimum Gasteiger partial charge on any atom is -0.457 e. The Labute approximate surface area is 185 Å². The molecule has 1 N–H and O–H groups in total. The molecular formula is C25H25FN2O4. The topological polar surface area (TPSA) is 77.5 Å². The number of carbonyl (C=O) groups is 2. The zero-order valence-electron chi connectivity index (χ0n) is 18.2. The smallest absolute Gasteiger partial charge is 0.409 e. The Morgan fingerprint density at radius 3 is 2.66 bits per heavy atom. The second kappa shape index (κ2) is 7.15. The highest BCUT2D eigenvalue weighted by atomic mass is 19.1. The maximum atomic E-state index is 14.1. The molecule has 0 spiro atoms. The van der Waals surface area contributed by atoms with E-state index in [1.165, 1.54) is 6.07 Å². The molecule has 1 saturated carbocycles. The molecular weight excluding hydrogens is 411 g/mol. The lowest BCUT2D eigenvalue weighted by molar-refractivity contribution is -0.157. The summed E-state index contributed by atoms with van der Waals surface area (Å²) in [7, 11) is 0. The van der Waals surface area contributed by atoms with Gasteiger partial charge in [0.05, 0.1) is 5.69 Å². The van der Waals surface area contributed by atoms with Crippen LogP contribution in [0.4, 0.5) is 9.18 Å². The number of carbonyl (C=O) groups excluding carboxylic acids is 2. The average molecular weight is 436 g/mol. The fourth-order valence-electron chi connectivity index (χ4n) is 5.74. The number of rotatable bonds is 3. The molecule has 32 heavy (non-hydrogen) atoms. The van der Waals surface area contributed by atoms with Crippen LogP contribution < -0.4 is 5.32 Å². The number of nitrogens with zero attached hydrogens (tertiary/aromatic N) is 1. The van der Waals surface area contributed by atoms with Crippen LogP contribution in [0.25, 0.3) is 17.2 Å². The van der Waals surface area contributed by atoms with Crippen molar-refractivity contribution in [3.05, 3.63) is 60.2 Å². The summed E-state index contributed by atoms with van der Waals surface area (Å²) in [4.78, 5) is 29.6. The second-order valence-corrected chi connectivity index (χ2v) is 9.14. The quantitative estimate of drug-likeness (QED) is 0.724. The first kappa shape index (κ1) is 20.7. The Hall–Kier alpha value is -3.22. The first-order valence-corrected chi connectivity index (χ1v) is 10.9. The SMILES string of the molecule is C[C@@H]1[C@@H](C)C[C@]23OC(=O)N[C@]2([C@@H](C)OC3=O)[C@H]1C=Cc1ccc(-c2ccccc2F)cn1. The third-order valence-corrected chi connectivity index (χ3v) is 7.54. The van der Waals surface area contributed by atoms with Gasteiger partial charge < -0.3 is 14.8 Å². The highest BCUT2D eigenvalue weighted by Crippen LogP contribution is 2.58. The second-order valence-electron chi connectivity index (χ2n) is 9.14. The Bertz CT molecular complexity index is 1120. The third kappa shape index (κ3) is 2.73. The normalized spacial score (nSPS) is 35.8. The lowest BCUT2D eigenvalue weighted by atomic mass is 9.55. The summed E-state index contributed by atoms with van der Waals surface area (Å²) in [5.41, 5.74) is -0.392. The molecule has 1 aromatic carbocycles. The molecule has 1 aromatic heterocycles. The largest absolute Gasteiger partial charge is 0.457 e.